The van der Waals surface area contributed by atoms with E-state index in [2.05, 4.69) is 11.9 Å². The fourth-order valence-corrected chi connectivity index (χ4v) is 3.42. The number of nitrogens with two attached hydrogens (primary N) is 1. The van der Waals surface area contributed by atoms with Crippen molar-refractivity contribution in [2.45, 2.75) is 43.6 Å². The Morgan fingerprint density at radius 1 is 1.41 bits per heavy atom. The van der Waals surface area contributed by atoms with Crippen LogP contribution in [0.3, 0.4) is 0 Å². The van der Waals surface area contributed by atoms with Gasteiger partial charge in [-0.05, 0) is 37.8 Å². The molecule has 1 aromatic heterocycles. The molecule has 1 aliphatic heterocycles. The third kappa shape index (κ3) is 4.55. The summed E-state index contributed by atoms with van der Waals surface area (Å²) < 4.78 is 29.3. The van der Waals surface area contributed by atoms with Crippen LogP contribution in [-0.2, 0) is 14.8 Å². The molecule has 22 heavy (non-hydrogen) atoms. The summed E-state index contributed by atoms with van der Waals surface area (Å²) in [7, 11) is -3.83. The van der Waals surface area contributed by atoms with E-state index in [0.717, 1.165) is 32.3 Å². The molecule has 6 nitrogen and oxygen atoms in total. The van der Waals surface area contributed by atoms with Crippen LogP contribution in [0.1, 0.15) is 32.6 Å². The number of hydrogen-bond acceptors (Lipinski definition) is 5. The third-order valence-electron chi connectivity index (χ3n) is 3.64. The molecular formula is C14H22ClN3O3S. The predicted molar refractivity (Wildman–Crippen MR) is 86.7 cm³/mol. The number of halogens is 1. The molecular weight excluding hydrogens is 326 g/mol. The molecule has 0 bridgehead atoms. The van der Waals surface area contributed by atoms with Crippen LogP contribution in [0.25, 0.3) is 0 Å². The molecule has 0 saturated carbocycles. The smallest absolute Gasteiger partial charge is 0.241 e. The Bertz CT molecular complexity index is 609. The SMILES string of the molecule is CCCOC1CCCN(c2nc(Cl)ccc2S(N)(=O)=O)CC1. The quantitative estimate of drug-likeness (QED) is 0.825. The molecule has 0 spiro atoms. The van der Waals surface area contributed by atoms with E-state index in [-0.39, 0.29) is 16.2 Å². The van der Waals surface area contributed by atoms with E-state index in [1.165, 1.54) is 12.1 Å². The first kappa shape index (κ1) is 17.5. The van der Waals surface area contributed by atoms with Gasteiger partial charge in [-0.15, -0.1) is 0 Å². The molecule has 1 atom stereocenters. The van der Waals surface area contributed by atoms with Crippen molar-refractivity contribution in [2.24, 2.45) is 5.14 Å². The van der Waals surface area contributed by atoms with Crippen molar-refractivity contribution in [1.82, 2.24) is 4.98 Å². The number of sulfonamides is 1. The standard InChI is InChI=1S/C14H22ClN3O3S/c1-2-10-21-11-4-3-8-18(9-7-11)14-12(22(16,19)20)5-6-13(15)17-14/h5-6,11H,2-4,7-10H2,1H3,(H2,16,19,20). The van der Waals surface area contributed by atoms with Crippen LogP contribution in [0.5, 0.6) is 0 Å². The molecule has 2 heterocycles. The normalized spacial score (nSPS) is 20.0. The lowest BCUT2D eigenvalue weighted by Crippen LogP contribution is -2.29. The van der Waals surface area contributed by atoms with Crippen molar-refractivity contribution < 1.29 is 13.2 Å². The zero-order valence-corrected chi connectivity index (χ0v) is 14.2. The van der Waals surface area contributed by atoms with Gasteiger partial charge in [-0.1, -0.05) is 18.5 Å². The van der Waals surface area contributed by atoms with Crippen molar-refractivity contribution in [1.29, 1.82) is 0 Å². The molecule has 1 fully saturated rings. The molecule has 1 saturated heterocycles. The lowest BCUT2D eigenvalue weighted by Gasteiger charge is -2.23. The third-order valence-corrected chi connectivity index (χ3v) is 4.79. The zero-order chi connectivity index (χ0) is 16.2. The molecule has 0 aromatic carbocycles. The van der Waals surface area contributed by atoms with Crippen molar-refractivity contribution >= 4 is 27.4 Å². The van der Waals surface area contributed by atoms with Gasteiger partial charge in [0, 0.05) is 19.7 Å². The second-order valence-electron chi connectivity index (χ2n) is 5.41. The molecule has 1 aromatic rings. The highest BCUT2D eigenvalue weighted by Crippen LogP contribution is 2.27. The van der Waals surface area contributed by atoms with Gasteiger partial charge in [0.15, 0.2) is 5.82 Å². The fourth-order valence-electron chi connectivity index (χ4n) is 2.59. The van der Waals surface area contributed by atoms with E-state index >= 15 is 0 Å². The number of hydrogen-bond donors (Lipinski definition) is 1. The lowest BCUT2D eigenvalue weighted by molar-refractivity contribution is 0.0461. The number of pyridine rings is 1. The van der Waals surface area contributed by atoms with Gasteiger partial charge in [0.25, 0.3) is 0 Å². The summed E-state index contributed by atoms with van der Waals surface area (Å²) in [4.78, 5) is 6.13. The van der Waals surface area contributed by atoms with E-state index < -0.39 is 10.0 Å². The van der Waals surface area contributed by atoms with Gasteiger partial charge < -0.3 is 9.64 Å². The first-order chi connectivity index (χ1) is 10.4. The molecule has 0 amide bonds. The van der Waals surface area contributed by atoms with Gasteiger partial charge in [0.05, 0.1) is 6.10 Å². The molecule has 124 valence electrons. The number of aromatic nitrogens is 1. The summed E-state index contributed by atoms with van der Waals surface area (Å²) in [5, 5.41) is 5.54. The minimum Gasteiger partial charge on any atom is -0.378 e. The average molecular weight is 348 g/mol. The van der Waals surface area contributed by atoms with E-state index in [1.54, 1.807) is 0 Å². The Kier molecular flexibility index (Phi) is 6.02. The summed E-state index contributed by atoms with van der Waals surface area (Å²) in [5.74, 6) is 0.339. The second kappa shape index (κ2) is 7.59. The van der Waals surface area contributed by atoms with Crippen molar-refractivity contribution in [3.63, 3.8) is 0 Å². The van der Waals surface area contributed by atoms with Crippen molar-refractivity contribution in [2.75, 3.05) is 24.6 Å². The first-order valence-corrected chi connectivity index (χ1v) is 9.40. The minimum absolute atomic E-state index is 0.0184. The molecule has 1 unspecified atom stereocenters. The molecule has 2 N–H and O–H groups in total. The molecule has 0 aliphatic carbocycles. The zero-order valence-electron chi connectivity index (χ0n) is 12.7. The van der Waals surface area contributed by atoms with Gasteiger partial charge in [-0.3, -0.25) is 0 Å². The van der Waals surface area contributed by atoms with Gasteiger partial charge in [0.2, 0.25) is 10.0 Å². The molecule has 1 aliphatic rings. The Morgan fingerprint density at radius 2 is 2.18 bits per heavy atom. The van der Waals surface area contributed by atoms with E-state index in [0.29, 0.717) is 18.9 Å². The van der Waals surface area contributed by atoms with Crippen LogP contribution in [-0.4, -0.2) is 39.2 Å². The van der Waals surface area contributed by atoms with Crippen LogP contribution in [0.4, 0.5) is 5.82 Å². The molecule has 2 rings (SSSR count). The van der Waals surface area contributed by atoms with Gasteiger partial charge in [-0.2, -0.15) is 0 Å². The highest BCUT2D eigenvalue weighted by molar-refractivity contribution is 7.89. The van der Waals surface area contributed by atoms with Crippen LogP contribution in [0.2, 0.25) is 5.15 Å². The van der Waals surface area contributed by atoms with Gasteiger partial charge in [-0.25, -0.2) is 18.5 Å². The maximum Gasteiger partial charge on any atom is 0.241 e. The topological polar surface area (TPSA) is 85.5 Å². The highest BCUT2D eigenvalue weighted by Gasteiger charge is 2.24. The van der Waals surface area contributed by atoms with Crippen molar-refractivity contribution in [3.8, 4) is 0 Å². The van der Waals surface area contributed by atoms with Gasteiger partial charge >= 0.3 is 0 Å². The average Bonchev–Trinajstić information content (AvgIpc) is 2.69. The Labute approximate surface area is 136 Å². The predicted octanol–water partition coefficient (Wildman–Crippen LogP) is 2.17. The van der Waals surface area contributed by atoms with E-state index in [4.69, 9.17) is 21.5 Å². The van der Waals surface area contributed by atoms with E-state index in [1.807, 2.05) is 4.90 Å². The van der Waals surface area contributed by atoms with Crippen molar-refractivity contribution in [3.05, 3.63) is 17.3 Å². The Morgan fingerprint density at radius 3 is 2.86 bits per heavy atom. The number of nitrogens with zero attached hydrogens (tertiary/aromatic N) is 2. The highest BCUT2D eigenvalue weighted by atomic mass is 35.5. The van der Waals surface area contributed by atoms with Crippen LogP contribution in [0, 0.1) is 0 Å². The minimum atomic E-state index is -3.83. The summed E-state index contributed by atoms with van der Waals surface area (Å²) in [6.07, 6.45) is 3.90. The van der Waals surface area contributed by atoms with Crippen LogP contribution < -0.4 is 10.0 Å². The largest absolute Gasteiger partial charge is 0.378 e. The monoisotopic (exact) mass is 347 g/mol. The number of ether oxygens (including phenoxy) is 1. The van der Waals surface area contributed by atoms with Crippen LogP contribution in [0.15, 0.2) is 17.0 Å². The van der Waals surface area contributed by atoms with E-state index in [9.17, 15) is 8.42 Å². The number of rotatable bonds is 5. The summed E-state index contributed by atoms with van der Waals surface area (Å²) in [5.41, 5.74) is 0. The van der Waals surface area contributed by atoms with Crippen LogP contribution >= 0.6 is 11.6 Å². The Hall–Kier alpha value is -0.890. The first-order valence-electron chi connectivity index (χ1n) is 7.47. The summed E-state index contributed by atoms with van der Waals surface area (Å²) in [6, 6.07) is 2.85. The Balaban J connectivity index is 2.20. The fraction of sp³-hybridized carbons (Fsp3) is 0.643. The van der Waals surface area contributed by atoms with Gasteiger partial charge in [0.1, 0.15) is 10.0 Å². The molecule has 0 radical (unpaired) electrons. The number of anilines is 1. The maximum absolute atomic E-state index is 11.7. The molecule has 8 heteroatoms. The number of primary sulfonamides is 1. The lowest BCUT2D eigenvalue weighted by atomic mass is 10.2. The summed E-state index contributed by atoms with van der Waals surface area (Å²) >= 11 is 5.93. The maximum atomic E-state index is 11.7. The summed E-state index contributed by atoms with van der Waals surface area (Å²) in [6.45, 7) is 4.21. The second-order valence-corrected chi connectivity index (χ2v) is 7.33.